The highest BCUT2D eigenvalue weighted by molar-refractivity contribution is 6.22. The molecule has 0 bridgehead atoms. The molecule has 0 aromatic heterocycles. The van der Waals surface area contributed by atoms with E-state index >= 15 is 0 Å². The Morgan fingerprint density at radius 2 is 2.20 bits per heavy atom. The summed E-state index contributed by atoms with van der Waals surface area (Å²) in [5.74, 6) is 0. The monoisotopic (exact) mass is 83.0 g/mol. The van der Waals surface area contributed by atoms with E-state index in [9.17, 15) is 0 Å². The van der Waals surface area contributed by atoms with Gasteiger partial charge in [-0.3, -0.25) is 0 Å². The Hall–Kier alpha value is -0.303. The van der Waals surface area contributed by atoms with Crippen LogP contribution < -0.4 is 0 Å². The van der Waals surface area contributed by atoms with Crippen molar-refractivity contribution >= 4 is 10.2 Å². The lowest BCUT2D eigenvalue weighted by Crippen LogP contribution is -1.62. The molecule has 5 heavy (non-hydrogen) atoms. The Kier molecular flexibility index (Phi) is 1.85. The van der Waals surface area contributed by atoms with Gasteiger partial charge in [-0.2, -0.15) is 0 Å². The molecule has 0 spiro atoms. The Morgan fingerprint density at radius 3 is 2.20 bits per heavy atom. The van der Waals surface area contributed by atoms with E-state index < -0.39 is 0 Å². The molecular formula is C4H7Si. The molecular weight excluding hydrogens is 76.1 g/mol. The second-order valence-corrected chi connectivity index (χ2v) is 2.10. The second kappa shape index (κ2) is 1.97. The Bertz CT molecular complexity index is 54.7. The topological polar surface area (TPSA) is 0 Å². The van der Waals surface area contributed by atoms with Crippen molar-refractivity contribution in [3.8, 4) is 0 Å². The van der Waals surface area contributed by atoms with Gasteiger partial charge in [-0.25, -0.2) is 0 Å². The van der Waals surface area contributed by atoms with Gasteiger partial charge in [0.25, 0.3) is 0 Å². The first kappa shape index (κ1) is 4.70. The van der Waals surface area contributed by atoms with Crippen LogP contribution in [0, 0.1) is 6.58 Å². The lowest BCUT2D eigenvalue weighted by molar-refractivity contribution is 2.00. The van der Waals surface area contributed by atoms with Crippen molar-refractivity contribution in [3.63, 3.8) is 0 Å². The highest BCUT2D eigenvalue weighted by atomic mass is 28.1. The van der Waals surface area contributed by atoms with E-state index in [0.717, 1.165) is 15.4 Å². The van der Waals surface area contributed by atoms with Crippen molar-refractivity contribution in [2.24, 2.45) is 0 Å². The third kappa shape index (κ3) is 3.70. The van der Waals surface area contributed by atoms with E-state index in [4.69, 9.17) is 6.58 Å². The van der Waals surface area contributed by atoms with Crippen molar-refractivity contribution in [1.29, 1.82) is 0 Å². The van der Waals surface area contributed by atoms with Crippen LogP contribution in [0.2, 0.25) is 0 Å². The third-order valence-corrected chi connectivity index (χ3v) is 0.730. The first-order valence-corrected chi connectivity index (χ1v) is 2.49. The molecule has 0 heterocycles. The summed E-state index contributed by atoms with van der Waals surface area (Å²) in [5, 5.41) is 0.907. The van der Waals surface area contributed by atoms with Crippen LogP contribution in [0.5, 0.6) is 0 Å². The summed E-state index contributed by atoms with van der Waals surface area (Å²) >= 11 is 0. The molecule has 0 fully saturated rings. The largest absolute Gasteiger partial charge is 0.0992 e. The maximum absolute atomic E-state index is 5.15. The zero-order valence-corrected chi connectivity index (χ0v) is 5.36. The minimum Gasteiger partial charge on any atom is -0.0992 e. The predicted octanol–water partition coefficient (Wildman–Crippen LogP) is -0.145. The molecule has 0 amide bonds. The minimum absolute atomic E-state index is 0.907. The molecule has 1 radical (unpaired) electrons. The van der Waals surface area contributed by atoms with E-state index in [0.29, 0.717) is 0 Å². The fraction of sp³-hybridized carbons (Fsp3) is 0. The Labute approximate surface area is 35.6 Å². The van der Waals surface area contributed by atoms with Crippen LogP contribution >= 0.6 is 0 Å². The average Bonchev–Trinajstić information content (AvgIpc) is 1.38. The number of rotatable bonds is 1. The maximum Gasteiger partial charge on any atom is 0.0384 e. The van der Waals surface area contributed by atoms with Crippen LogP contribution in [0.3, 0.4) is 0 Å². The summed E-state index contributed by atoms with van der Waals surface area (Å²) in [4.78, 5) is 0. The second-order valence-electron chi connectivity index (χ2n) is 0.948. The van der Waals surface area contributed by atoms with Gasteiger partial charge in [0.15, 0.2) is 0 Å². The fourth-order valence-electron chi connectivity index (χ4n) is 0. The summed E-state index contributed by atoms with van der Waals surface area (Å²) in [5.41, 5.74) is 0. The predicted molar refractivity (Wildman–Crippen MR) is 27.9 cm³/mol. The van der Waals surface area contributed by atoms with Gasteiger partial charge in [-0.05, 0) is 0 Å². The molecule has 0 N–H and O–H groups in total. The Morgan fingerprint density at radius 1 is 2.00 bits per heavy atom. The quantitative estimate of drug-likeness (QED) is 0.305. The van der Waals surface area contributed by atoms with Crippen LogP contribution in [0.4, 0.5) is 0 Å². The molecule has 0 aliphatic rings. The van der Waals surface area contributed by atoms with E-state index in [1.807, 2.05) is 0 Å². The fourth-order valence-corrected chi connectivity index (χ4v) is 0. The van der Waals surface area contributed by atoms with Gasteiger partial charge < -0.3 is 0 Å². The van der Waals surface area contributed by atoms with Gasteiger partial charge in [0.2, 0.25) is 0 Å². The summed E-state index contributed by atoms with van der Waals surface area (Å²) in [6.07, 6.45) is 1.67. The highest BCUT2D eigenvalue weighted by Gasteiger charge is 1.60. The van der Waals surface area contributed by atoms with Crippen molar-refractivity contribution < 1.29 is 0 Å². The molecule has 0 saturated carbocycles. The minimum atomic E-state index is 0.907. The zero-order chi connectivity index (χ0) is 4.28. The molecule has 1 heteroatoms. The van der Waals surface area contributed by atoms with Crippen LogP contribution in [0.25, 0.3) is 0 Å². The lowest BCUT2D eigenvalue weighted by atomic mass is 10.6. The third-order valence-electron chi connectivity index (χ3n) is 0.322. The van der Waals surface area contributed by atoms with E-state index in [1.54, 1.807) is 6.08 Å². The highest BCUT2D eigenvalue weighted by Crippen LogP contribution is 1.73. The molecule has 0 aliphatic carbocycles. The standard InChI is InChI=1S/C4H7Si/c1-3-4(2)5/h2-3H,1H2,5H3. The van der Waals surface area contributed by atoms with Crippen molar-refractivity contribution in [2.75, 3.05) is 0 Å². The molecule has 0 aromatic carbocycles. The maximum atomic E-state index is 5.15. The number of allylic oxidation sites excluding steroid dienone is 2. The van der Waals surface area contributed by atoms with Gasteiger partial charge in [0, 0.05) is 10.2 Å². The van der Waals surface area contributed by atoms with E-state index in [-0.39, 0.29) is 0 Å². The molecule has 0 aromatic rings. The molecule has 0 aliphatic heterocycles. The van der Waals surface area contributed by atoms with Crippen LogP contribution in [-0.4, -0.2) is 10.2 Å². The smallest absolute Gasteiger partial charge is 0.0384 e. The van der Waals surface area contributed by atoms with Crippen molar-refractivity contribution in [2.45, 2.75) is 0 Å². The zero-order valence-electron chi connectivity index (χ0n) is 3.36. The molecule has 0 nitrogen and oxygen atoms in total. The summed E-state index contributed by atoms with van der Waals surface area (Å²) in [6.45, 7) is 8.58. The van der Waals surface area contributed by atoms with E-state index in [1.165, 1.54) is 0 Å². The molecule has 0 saturated heterocycles. The normalized spacial score (nSPS) is 7.20. The lowest BCUT2D eigenvalue weighted by Gasteiger charge is -1.70. The van der Waals surface area contributed by atoms with Gasteiger partial charge in [-0.1, -0.05) is 24.4 Å². The van der Waals surface area contributed by atoms with Crippen LogP contribution in [-0.2, 0) is 0 Å². The first-order valence-electron chi connectivity index (χ1n) is 1.49. The van der Waals surface area contributed by atoms with E-state index in [2.05, 4.69) is 6.58 Å². The molecule has 0 rings (SSSR count). The summed E-state index contributed by atoms with van der Waals surface area (Å²) in [7, 11) is 0.946. The number of hydrogen-bond donors (Lipinski definition) is 0. The van der Waals surface area contributed by atoms with Gasteiger partial charge >= 0.3 is 0 Å². The van der Waals surface area contributed by atoms with Gasteiger partial charge in [-0.15, -0.1) is 0 Å². The number of hydrogen-bond acceptors (Lipinski definition) is 0. The first-order chi connectivity index (χ1) is 2.27. The molecule has 27 valence electrons. The molecule has 0 unspecified atom stereocenters. The van der Waals surface area contributed by atoms with Crippen LogP contribution in [0.1, 0.15) is 0 Å². The van der Waals surface area contributed by atoms with Crippen molar-refractivity contribution in [1.82, 2.24) is 0 Å². The van der Waals surface area contributed by atoms with Gasteiger partial charge in [0.1, 0.15) is 0 Å². The molecule has 0 atom stereocenters. The Balaban J connectivity index is 3.20. The SMILES string of the molecule is [CH]=C([SiH3])C=C. The summed E-state index contributed by atoms with van der Waals surface area (Å²) in [6, 6.07) is 0. The van der Waals surface area contributed by atoms with Crippen molar-refractivity contribution in [3.05, 3.63) is 24.4 Å². The van der Waals surface area contributed by atoms with Crippen LogP contribution in [0.15, 0.2) is 17.9 Å². The van der Waals surface area contributed by atoms with Gasteiger partial charge in [0.05, 0.1) is 0 Å². The average molecular weight is 83.2 g/mol. The summed E-state index contributed by atoms with van der Waals surface area (Å²) < 4.78 is 0.